The van der Waals surface area contributed by atoms with Crippen LogP contribution >= 0.6 is 0 Å². The normalized spacial score (nSPS) is 18.8. The molecule has 0 amide bonds. The third kappa shape index (κ3) is 3.65. The number of aryl methyl sites for hydroxylation is 1. The summed E-state index contributed by atoms with van der Waals surface area (Å²) in [5.74, 6) is 0. The van der Waals surface area contributed by atoms with E-state index in [1.807, 2.05) is 29.9 Å². The molecule has 6 nitrogen and oxygen atoms in total. The van der Waals surface area contributed by atoms with Gasteiger partial charge in [0.15, 0.2) is 0 Å². The molecule has 0 saturated heterocycles. The van der Waals surface area contributed by atoms with Crippen LogP contribution in [0.2, 0.25) is 0 Å². The summed E-state index contributed by atoms with van der Waals surface area (Å²) in [7, 11) is 0. The number of nitrogens with zero attached hydrogens (tertiary/aromatic N) is 4. The highest BCUT2D eigenvalue weighted by atomic mass is 16.3. The molecule has 2 aromatic carbocycles. The molecule has 2 heterocycles. The van der Waals surface area contributed by atoms with Crippen molar-refractivity contribution in [2.45, 2.75) is 58.1 Å². The SMILES string of the molecule is Cc1c(Cc2ccc(-n3cccn3)cc2)cc2c(=O)n([C@@H]3CCCC[C@H]3O)cnc2c1C. The number of benzene rings is 2. The van der Waals surface area contributed by atoms with Crippen molar-refractivity contribution in [1.82, 2.24) is 19.3 Å². The van der Waals surface area contributed by atoms with Crippen LogP contribution < -0.4 is 5.56 Å². The lowest BCUT2D eigenvalue weighted by Gasteiger charge is -2.29. The highest BCUT2D eigenvalue weighted by Crippen LogP contribution is 2.29. The molecule has 5 rings (SSSR count). The Hall–Kier alpha value is -3.25. The van der Waals surface area contributed by atoms with Crippen LogP contribution in [0.1, 0.15) is 54.0 Å². The Morgan fingerprint density at radius 1 is 1.09 bits per heavy atom. The van der Waals surface area contributed by atoms with E-state index in [0.29, 0.717) is 5.39 Å². The molecule has 1 N–H and O–H groups in total. The van der Waals surface area contributed by atoms with E-state index in [4.69, 9.17) is 0 Å². The van der Waals surface area contributed by atoms with Crippen LogP contribution in [0.3, 0.4) is 0 Å². The van der Waals surface area contributed by atoms with Gasteiger partial charge in [-0.1, -0.05) is 25.0 Å². The van der Waals surface area contributed by atoms with Gasteiger partial charge in [0.05, 0.1) is 35.1 Å². The Kier molecular flexibility index (Phi) is 5.39. The first-order chi connectivity index (χ1) is 15.5. The van der Waals surface area contributed by atoms with Crippen molar-refractivity contribution in [2.24, 2.45) is 0 Å². The summed E-state index contributed by atoms with van der Waals surface area (Å²) in [6, 6.07) is 12.1. The number of fused-ring (bicyclic) bond motifs is 1. The van der Waals surface area contributed by atoms with Gasteiger partial charge in [-0.2, -0.15) is 5.10 Å². The first-order valence-electron chi connectivity index (χ1n) is 11.3. The Bertz CT molecular complexity index is 1310. The van der Waals surface area contributed by atoms with Gasteiger partial charge < -0.3 is 5.11 Å². The predicted octanol–water partition coefficient (Wildman–Crippen LogP) is 4.27. The zero-order valence-electron chi connectivity index (χ0n) is 18.5. The van der Waals surface area contributed by atoms with E-state index in [1.165, 1.54) is 5.56 Å². The molecule has 0 radical (unpaired) electrons. The first-order valence-corrected chi connectivity index (χ1v) is 11.3. The molecule has 1 fully saturated rings. The highest BCUT2D eigenvalue weighted by Gasteiger charge is 2.26. The third-order valence-corrected chi connectivity index (χ3v) is 6.90. The van der Waals surface area contributed by atoms with Crippen LogP contribution in [0.25, 0.3) is 16.6 Å². The minimum absolute atomic E-state index is 0.0562. The van der Waals surface area contributed by atoms with Gasteiger partial charge in [-0.25, -0.2) is 9.67 Å². The number of aliphatic hydroxyl groups excluding tert-OH is 1. The summed E-state index contributed by atoms with van der Waals surface area (Å²) in [6.45, 7) is 4.13. The van der Waals surface area contributed by atoms with Crippen LogP contribution in [0.5, 0.6) is 0 Å². The first kappa shape index (κ1) is 20.6. The molecule has 1 aliphatic rings. The molecule has 4 aromatic rings. The maximum Gasteiger partial charge on any atom is 0.261 e. The summed E-state index contributed by atoms with van der Waals surface area (Å²) in [5, 5.41) is 15.4. The lowest BCUT2D eigenvalue weighted by Crippen LogP contribution is -2.34. The van der Waals surface area contributed by atoms with Gasteiger partial charge in [0.2, 0.25) is 0 Å². The van der Waals surface area contributed by atoms with E-state index in [0.717, 1.165) is 60.0 Å². The van der Waals surface area contributed by atoms with Crippen LogP contribution in [0.15, 0.2) is 59.9 Å². The summed E-state index contributed by atoms with van der Waals surface area (Å²) in [4.78, 5) is 18.1. The standard InChI is InChI=1S/C26H28N4O2/c1-17-18(2)25-22(26(32)29(16-27-25)23-6-3-4-7-24(23)31)15-20(17)14-19-8-10-21(11-9-19)30-13-5-12-28-30/h5,8-13,15-16,23-24,31H,3-4,6-7,14H2,1-2H3/t23-,24-/m1/s1. The molecule has 6 heteroatoms. The number of hydrogen-bond acceptors (Lipinski definition) is 4. The molecule has 0 bridgehead atoms. The Balaban J connectivity index is 1.52. The Morgan fingerprint density at radius 3 is 2.59 bits per heavy atom. The van der Waals surface area contributed by atoms with Gasteiger partial charge in [0.25, 0.3) is 5.56 Å². The molecule has 0 aliphatic heterocycles. The minimum atomic E-state index is -0.486. The van der Waals surface area contributed by atoms with Crippen LogP contribution in [0.4, 0.5) is 0 Å². The largest absolute Gasteiger partial charge is 0.391 e. The van der Waals surface area contributed by atoms with Crippen molar-refractivity contribution >= 4 is 10.9 Å². The smallest absolute Gasteiger partial charge is 0.261 e. The maximum atomic E-state index is 13.4. The number of aromatic nitrogens is 4. The molecule has 2 atom stereocenters. The summed E-state index contributed by atoms with van der Waals surface area (Å²) in [6.07, 6.45) is 9.16. The predicted molar refractivity (Wildman–Crippen MR) is 125 cm³/mol. The second kappa shape index (κ2) is 8.36. The van der Waals surface area contributed by atoms with Gasteiger partial charge in [0, 0.05) is 12.4 Å². The van der Waals surface area contributed by atoms with E-state index in [9.17, 15) is 9.90 Å². The average Bonchev–Trinajstić information content (AvgIpc) is 3.34. The van der Waals surface area contributed by atoms with Crippen molar-refractivity contribution in [3.8, 4) is 5.69 Å². The fourth-order valence-corrected chi connectivity index (χ4v) is 4.86. The molecule has 164 valence electrons. The summed E-state index contributed by atoms with van der Waals surface area (Å²) < 4.78 is 3.49. The monoisotopic (exact) mass is 428 g/mol. The topological polar surface area (TPSA) is 72.9 Å². The van der Waals surface area contributed by atoms with E-state index in [2.05, 4.69) is 41.3 Å². The minimum Gasteiger partial charge on any atom is -0.391 e. The summed E-state index contributed by atoms with van der Waals surface area (Å²) in [5.41, 5.74) is 6.22. The maximum absolute atomic E-state index is 13.4. The molecule has 0 unspecified atom stereocenters. The average molecular weight is 429 g/mol. The Morgan fingerprint density at radius 2 is 1.88 bits per heavy atom. The highest BCUT2D eigenvalue weighted by molar-refractivity contribution is 5.83. The summed E-state index contributed by atoms with van der Waals surface area (Å²) >= 11 is 0. The molecule has 1 saturated carbocycles. The molecular weight excluding hydrogens is 400 g/mol. The lowest BCUT2D eigenvalue weighted by atomic mass is 9.92. The zero-order chi connectivity index (χ0) is 22.2. The van der Waals surface area contributed by atoms with Gasteiger partial charge >= 0.3 is 0 Å². The van der Waals surface area contributed by atoms with Crippen molar-refractivity contribution in [1.29, 1.82) is 0 Å². The molecule has 0 spiro atoms. The molecule has 1 aliphatic carbocycles. The quantitative estimate of drug-likeness (QED) is 0.527. The van der Waals surface area contributed by atoms with E-state index < -0.39 is 6.10 Å². The number of rotatable bonds is 4. The van der Waals surface area contributed by atoms with Gasteiger partial charge in [-0.05, 0) is 79.6 Å². The number of aliphatic hydroxyl groups is 1. The number of hydrogen-bond donors (Lipinski definition) is 1. The van der Waals surface area contributed by atoms with Crippen LogP contribution in [-0.2, 0) is 6.42 Å². The van der Waals surface area contributed by atoms with E-state index >= 15 is 0 Å². The lowest BCUT2D eigenvalue weighted by molar-refractivity contribution is 0.0735. The third-order valence-electron chi connectivity index (χ3n) is 6.90. The van der Waals surface area contributed by atoms with E-state index in [1.54, 1.807) is 17.1 Å². The van der Waals surface area contributed by atoms with Gasteiger partial charge in [0.1, 0.15) is 0 Å². The fourth-order valence-electron chi connectivity index (χ4n) is 4.86. The second-order valence-corrected chi connectivity index (χ2v) is 8.85. The Labute approximate surface area is 187 Å². The van der Waals surface area contributed by atoms with E-state index in [-0.39, 0.29) is 11.6 Å². The molecule has 2 aromatic heterocycles. The van der Waals surface area contributed by atoms with Crippen LogP contribution in [0, 0.1) is 13.8 Å². The molecular formula is C26H28N4O2. The zero-order valence-corrected chi connectivity index (χ0v) is 18.5. The van der Waals surface area contributed by atoms with Crippen molar-refractivity contribution < 1.29 is 5.11 Å². The second-order valence-electron chi connectivity index (χ2n) is 8.85. The fraction of sp³-hybridized carbons (Fsp3) is 0.346. The van der Waals surface area contributed by atoms with Gasteiger partial charge in [-0.15, -0.1) is 0 Å². The molecule has 32 heavy (non-hydrogen) atoms. The van der Waals surface area contributed by atoms with Crippen molar-refractivity contribution in [2.75, 3.05) is 0 Å². The van der Waals surface area contributed by atoms with Crippen molar-refractivity contribution in [3.05, 3.63) is 87.7 Å². The van der Waals surface area contributed by atoms with Crippen LogP contribution in [-0.4, -0.2) is 30.5 Å². The van der Waals surface area contributed by atoms with Crippen molar-refractivity contribution in [3.63, 3.8) is 0 Å². The van der Waals surface area contributed by atoms with Gasteiger partial charge in [-0.3, -0.25) is 9.36 Å².